The van der Waals surface area contributed by atoms with Gasteiger partial charge in [-0.05, 0) is 38.0 Å². The maximum absolute atomic E-state index is 5.27. The molecule has 2 aromatic rings. The first-order valence-electron chi connectivity index (χ1n) is 6.00. The fraction of sp³-hybridized carbons (Fsp3) is 0.462. The van der Waals surface area contributed by atoms with E-state index < -0.39 is 0 Å². The lowest BCUT2D eigenvalue weighted by Gasteiger charge is -2.35. The van der Waals surface area contributed by atoms with Crippen LogP contribution in [0, 0.1) is 6.92 Å². The van der Waals surface area contributed by atoms with Gasteiger partial charge in [0.15, 0.2) is 0 Å². The molecule has 0 atom stereocenters. The Bertz CT molecular complexity index is 528. The summed E-state index contributed by atoms with van der Waals surface area (Å²) in [5.41, 5.74) is 3.27. The number of nitrogens with one attached hydrogen (secondary N) is 2. The topological polar surface area (TPSA) is 49.9 Å². The third-order valence-corrected chi connectivity index (χ3v) is 3.40. The first kappa shape index (κ1) is 10.6. The molecule has 1 fully saturated rings. The van der Waals surface area contributed by atoms with Gasteiger partial charge in [-0.1, -0.05) is 0 Å². The van der Waals surface area contributed by atoms with Crippen LogP contribution in [0.25, 0.3) is 11.0 Å². The number of ether oxygens (including phenoxy) is 1. The van der Waals surface area contributed by atoms with Crippen molar-refractivity contribution in [2.45, 2.75) is 31.9 Å². The number of fused-ring (bicyclic) bond motifs is 1. The Morgan fingerprint density at radius 1 is 1.41 bits per heavy atom. The molecule has 0 radical (unpaired) electrons. The van der Waals surface area contributed by atoms with E-state index in [4.69, 9.17) is 4.74 Å². The van der Waals surface area contributed by atoms with Crippen molar-refractivity contribution in [2.75, 3.05) is 12.4 Å². The number of hydrogen-bond donors (Lipinski definition) is 2. The van der Waals surface area contributed by atoms with Gasteiger partial charge in [0.05, 0.1) is 17.1 Å². The van der Waals surface area contributed by atoms with Gasteiger partial charge in [-0.2, -0.15) is 0 Å². The van der Waals surface area contributed by atoms with Crippen LogP contribution in [-0.4, -0.2) is 29.2 Å². The first-order chi connectivity index (χ1) is 8.24. The van der Waals surface area contributed by atoms with Crippen LogP contribution in [0.15, 0.2) is 18.2 Å². The average Bonchev–Trinajstić information content (AvgIpc) is 2.62. The van der Waals surface area contributed by atoms with E-state index in [1.165, 1.54) is 0 Å². The SMILES string of the molecule is COC1CC(Nc2ccc3nc(C)[nH]c3c2)C1. The van der Waals surface area contributed by atoms with E-state index in [1.807, 2.05) is 13.0 Å². The smallest absolute Gasteiger partial charge is 0.104 e. The highest BCUT2D eigenvalue weighted by Gasteiger charge is 2.28. The molecule has 4 heteroatoms. The molecule has 0 aliphatic heterocycles. The summed E-state index contributed by atoms with van der Waals surface area (Å²) in [5, 5.41) is 3.52. The molecule has 0 saturated heterocycles. The van der Waals surface area contributed by atoms with E-state index >= 15 is 0 Å². The third-order valence-electron chi connectivity index (χ3n) is 3.40. The molecular formula is C13H17N3O. The van der Waals surface area contributed by atoms with E-state index in [0.717, 1.165) is 35.4 Å². The van der Waals surface area contributed by atoms with E-state index in [0.29, 0.717) is 12.1 Å². The Hall–Kier alpha value is -1.55. The second kappa shape index (κ2) is 4.04. The normalized spacial score (nSPS) is 23.6. The van der Waals surface area contributed by atoms with Gasteiger partial charge in [-0.15, -0.1) is 0 Å². The van der Waals surface area contributed by atoms with Gasteiger partial charge in [0, 0.05) is 18.8 Å². The molecule has 3 rings (SSSR count). The number of imidazole rings is 1. The number of nitrogens with zero attached hydrogens (tertiary/aromatic N) is 1. The van der Waals surface area contributed by atoms with Crippen LogP contribution in [0.4, 0.5) is 5.69 Å². The minimum Gasteiger partial charge on any atom is -0.382 e. The number of rotatable bonds is 3. The highest BCUT2D eigenvalue weighted by molar-refractivity contribution is 5.79. The van der Waals surface area contributed by atoms with Crippen molar-refractivity contribution in [2.24, 2.45) is 0 Å². The van der Waals surface area contributed by atoms with Crippen LogP contribution in [-0.2, 0) is 4.74 Å². The zero-order valence-corrected chi connectivity index (χ0v) is 10.2. The number of aromatic amines is 1. The number of aromatic nitrogens is 2. The average molecular weight is 231 g/mol. The molecule has 1 aliphatic rings. The predicted molar refractivity (Wildman–Crippen MR) is 68.3 cm³/mol. The van der Waals surface area contributed by atoms with Crippen molar-refractivity contribution in [3.63, 3.8) is 0 Å². The second-order valence-corrected chi connectivity index (χ2v) is 4.72. The number of benzene rings is 1. The van der Waals surface area contributed by atoms with Crippen molar-refractivity contribution in [1.82, 2.24) is 9.97 Å². The van der Waals surface area contributed by atoms with E-state index in [1.54, 1.807) is 7.11 Å². The highest BCUT2D eigenvalue weighted by Crippen LogP contribution is 2.27. The molecule has 0 spiro atoms. The van der Waals surface area contributed by atoms with Gasteiger partial charge in [0.1, 0.15) is 5.82 Å². The monoisotopic (exact) mass is 231 g/mol. The van der Waals surface area contributed by atoms with Crippen LogP contribution < -0.4 is 5.32 Å². The highest BCUT2D eigenvalue weighted by atomic mass is 16.5. The van der Waals surface area contributed by atoms with E-state index in [9.17, 15) is 0 Å². The summed E-state index contributed by atoms with van der Waals surface area (Å²) in [6, 6.07) is 6.80. The number of methoxy groups -OCH3 is 1. The Kier molecular flexibility index (Phi) is 2.52. The molecule has 0 unspecified atom stereocenters. The Labute approximate surface area is 100 Å². The molecule has 1 saturated carbocycles. The molecular weight excluding hydrogens is 214 g/mol. The summed E-state index contributed by atoms with van der Waals surface area (Å²) < 4.78 is 5.27. The summed E-state index contributed by atoms with van der Waals surface area (Å²) in [5.74, 6) is 0.959. The Morgan fingerprint density at radius 2 is 2.24 bits per heavy atom. The van der Waals surface area contributed by atoms with Gasteiger partial charge in [-0.25, -0.2) is 4.98 Å². The van der Waals surface area contributed by atoms with Crippen LogP contribution in [0.2, 0.25) is 0 Å². The van der Waals surface area contributed by atoms with Crippen LogP contribution in [0.5, 0.6) is 0 Å². The Morgan fingerprint density at radius 3 is 3.00 bits per heavy atom. The van der Waals surface area contributed by atoms with Crippen molar-refractivity contribution in [3.05, 3.63) is 24.0 Å². The molecule has 1 heterocycles. The minimum atomic E-state index is 0.436. The van der Waals surface area contributed by atoms with Crippen molar-refractivity contribution in [1.29, 1.82) is 0 Å². The minimum absolute atomic E-state index is 0.436. The van der Waals surface area contributed by atoms with Gasteiger partial charge in [0.25, 0.3) is 0 Å². The molecule has 1 aliphatic carbocycles. The summed E-state index contributed by atoms with van der Waals surface area (Å²) in [7, 11) is 1.78. The second-order valence-electron chi connectivity index (χ2n) is 4.72. The Balaban J connectivity index is 1.73. The molecule has 0 amide bonds. The van der Waals surface area contributed by atoms with Crippen LogP contribution >= 0.6 is 0 Å². The lowest BCUT2D eigenvalue weighted by molar-refractivity contribution is 0.0329. The quantitative estimate of drug-likeness (QED) is 0.853. The lowest BCUT2D eigenvalue weighted by Crippen LogP contribution is -2.40. The third kappa shape index (κ3) is 2.00. The molecule has 1 aromatic heterocycles. The maximum Gasteiger partial charge on any atom is 0.104 e. The number of aryl methyl sites for hydroxylation is 1. The first-order valence-corrected chi connectivity index (χ1v) is 6.00. The number of anilines is 1. The molecule has 2 N–H and O–H groups in total. The standard InChI is InChI=1S/C13H17N3O/c1-8-14-12-4-3-9(7-13(12)15-8)16-10-5-11(6-10)17-2/h3-4,7,10-11,16H,5-6H2,1-2H3,(H,14,15). The summed E-state index contributed by atoms with van der Waals surface area (Å²) in [6.07, 6.45) is 2.62. The number of hydrogen-bond acceptors (Lipinski definition) is 3. The maximum atomic E-state index is 5.27. The van der Waals surface area contributed by atoms with Gasteiger partial charge in [-0.3, -0.25) is 0 Å². The summed E-state index contributed by atoms with van der Waals surface area (Å²) in [4.78, 5) is 7.64. The predicted octanol–water partition coefficient (Wildman–Crippen LogP) is 2.46. The van der Waals surface area contributed by atoms with Gasteiger partial charge >= 0.3 is 0 Å². The zero-order chi connectivity index (χ0) is 11.8. The molecule has 4 nitrogen and oxygen atoms in total. The van der Waals surface area contributed by atoms with Crippen molar-refractivity contribution < 1.29 is 4.74 Å². The molecule has 17 heavy (non-hydrogen) atoms. The molecule has 1 aromatic carbocycles. The van der Waals surface area contributed by atoms with Crippen LogP contribution in [0.1, 0.15) is 18.7 Å². The van der Waals surface area contributed by atoms with Crippen molar-refractivity contribution >= 4 is 16.7 Å². The fourth-order valence-corrected chi connectivity index (χ4v) is 2.34. The lowest BCUT2D eigenvalue weighted by atomic mass is 9.89. The van der Waals surface area contributed by atoms with Crippen molar-refractivity contribution in [3.8, 4) is 0 Å². The van der Waals surface area contributed by atoms with Crippen LogP contribution in [0.3, 0.4) is 0 Å². The fourth-order valence-electron chi connectivity index (χ4n) is 2.34. The zero-order valence-electron chi connectivity index (χ0n) is 10.2. The van der Waals surface area contributed by atoms with Gasteiger partial charge < -0.3 is 15.0 Å². The van der Waals surface area contributed by atoms with Gasteiger partial charge in [0.2, 0.25) is 0 Å². The summed E-state index contributed by atoms with van der Waals surface area (Å²) >= 11 is 0. The summed E-state index contributed by atoms with van der Waals surface area (Å²) in [6.45, 7) is 1.97. The van der Waals surface area contributed by atoms with E-state index in [2.05, 4.69) is 27.4 Å². The molecule has 0 bridgehead atoms. The number of H-pyrrole nitrogens is 1. The van der Waals surface area contributed by atoms with E-state index in [-0.39, 0.29) is 0 Å². The largest absolute Gasteiger partial charge is 0.382 e. The molecule has 90 valence electrons.